The van der Waals surface area contributed by atoms with E-state index in [4.69, 9.17) is 5.11 Å². The Morgan fingerprint density at radius 1 is 1.37 bits per heavy atom. The molecule has 0 saturated carbocycles. The van der Waals surface area contributed by atoms with Gasteiger partial charge in [-0.1, -0.05) is 18.7 Å². The number of nitrogens with zero attached hydrogens (tertiary/aromatic N) is 4. The van der Waals surface area contributed by atoms with E-state index in [1.165, 1.54) is 0 Å². The SMILES string of the molecule is CCc1nnc(SCC(=O)O)n1CC(=O)N(C)CC. The lowest BCUT2D eigenvalue weighted by atomic mass is 10.4. The first kappa shape index (κ1) is 15.5. The highest BCUT2D eigenvalue weighted by atomic mass is 32.2. The molecule has 0 bridgehead atoms. The summed E-state index contributed by atoms with van der Waals surface area (Å²) in [5, 5.41) is 17.1. The summed E-state index contributed by atoms with van der Waals surface area (Å²) in [5.41, 5.74) is 0. The van der Waals surface area contributed by atoms with Gasteiger partial charge in [0.05, 0.1) is 5.75 Å². The summed E-state index contributed by atoms with van der Waals surface area (Å²) in [4.78, 5) is 24.1. The van der Waals surface area contributed by atoms with Crippen molar-refractivity contribution in [3.8, 4) is 0 Å². The third-order valence-electron chi connectivity index (χ3n) is 2.63. The number of amides is 1. The molecule has 8 heteroatoms. The van der Waals surface area contributed by atoms with Crippen LogP contribution in [0.15, 0.2) is 5.16 Å². The van der Waals surface area contributed by atoms with Crippen molar-refractivity contribution in [3.05, 3.63) is 5.82 Å². The molecule has 19 heavy (non-hydrogen) atoms. The van der Waals surface area contributed by atoms with Crippen molar-refractivity contribution >= 4 is 23.6 Å². The highest BCUT2D eigenvalue weighted by Crippen LogP contribution is 2.17. The van der Waals surface area contributed by atoms with E-state index in [2.05, 4.69) is 10.2 Å². The zero-order chi connectivity index (χ0) is 14.4. The van der Waals surface area contributed by atoms with Crippen LogP contribution >= 0.6 is 11.8 Å². The average molecular weight is 286 g/mol. The predicted molar refractivity (Wildman–Crippen MR) is 71.1 cm³/mol. The van der Waals surface area contributed by atoms with Crippen LogP contribution < -0.4 is 0 Å². The summed E-state index contributed by atoms with van der Waals surface area (Å²) in [6.07, 6.45) is 0.643. The van der Waals surface area contributed by atoms with Crippen molar-refractivity contribution in [3.63, 3.8) is 0 Å². The first-order valence-corrected chi connectivity index (χ1v) is 6.98. The number of hydrogen-bond acceptors (Lipinski definition) is 5. The number of rotatable bonds is 7. The van der Waals surface area contributed by atoms with E-state index in [-0.39, 0.29) is 18.2 Å². The Morgan fingerprint density at radius 3 is 2.58 bits per heavy atom. The third kappa shape index (κ3) is 4.23. The molecule has 0 aliphatic carbocycles. The quantitative estimate of drug-likeness (QED) is 0.734. The maximum Gasteiger partial charge on any atom is 0.313 e. The Hall–Kier alpha value is -1.57. The monoisotopic (exact) mass is 286 g/mol. The van der Waals surface area contributed by atoms with Gasteiger partial charge in [-0.3, -0.25) is 14.2 Å². The number of carbonyl (C=O) groups excluding carboxylic acids is 1. The highest BCUT2D eigenvalue weighted by Gasteiger charge is 2.17. The molecule has 1 N–H and O–H groups in total. The van der Waals surface area contributed by atoms with Crippen molar-refractivity contribution in [2.75, 3.05) is 19.3 Å². The van der Waals surface area contributed by atoms with Gasteiger partial charge in [0, 0.05) is 20.0 Å². The van der Waals surface area contributed by atoms with Gasteiger partial charge < -0.3 is 10.0 Å². The summed E-state index contributed by atoms with van der Waals surface area (Å²) >= 11 is 1.07. The zero-order valence-electron chi connectivity index (χ0n) is 11.3. The number of carboxylic acid groups (broad SMARTS) is 1. The molecule has 0 saturated heterocycles. The Bertz CT molecular complexity index is 461. The van der Waals surface area contributed by atoms with Gasteiger partial charge in [-0.05, 0) is 6.92 Å². The van der Waals surface area contributed by atoms with Gasteiger partial charge in [0.25, 0.3) is 0 Å². The zero-order valence-corrected chi connectivity index (χ0v) is 12.1. The standard InChI is InChI=1S/C11H18N4O3S/c1-4-8-12-13-11(19-7-10(17)18)15(8)6-9(16)14(3)5-2/h4-7H2,1-3H3,(H,17,18). The van der Waals surface area contributed by atoms with Crippen molar-refractivity contribution in [2.45, 2.75) is 32.0 Å². The lowest BCUT2D eigenvalue weighted by Crippen LogP contribution is -2.30. The topological polar surface area (TPSA) is 88.3 Å². The predicted octanol–water partition coefficient (Wildman–Crippen LogP) is 0.496. The second-order valence-corrected chi connectivity index (χ2v) is 4.87. The van der Waals surface area contributed by atoms with Crippen LogP contribution in [0.4, 0.5) is 0 Å². The molecule has 7 nitrogen and oxygen atoms in total. The fourth-order valence-corrected chi connectivity index (χ4v) is 2.08. The molecule has 0 radical (unpaired) electrons. The number of thioether (sulfide) groups is 1. The Kier molecular flexibility index (Phi) is 5.81. The van der Waals surface area contributed by atoms with Gasteiger partial charge in [0.2, 0.25) is 5.91 Å². The summed E-state index contributed by atoms with van der Waals surface area (Å²) in [6.45, 7) is 4.58. The van der Waals surface area contributed by atoms with E-state index in [9.17, 15) is 9.59 Å². The second kappa shape index (κ2) is 7.13. The van der Waals surface area contributed by atoms with Crippen molar-refractivity contribution < 1.29 is 14.7 Å². The van der Waals surface area contributed by atoms with Crippen molar-refractivity contribution in [1.82, 2.24) is 19.7 Å². The molecule has 1 heterocycles. The van der Waals surface area contributed by atoms with E-state index in [0.29, 0.717) is 23.9 Å². The van der Waals surface area contributed by atoms with E-state index >= 15 is 0 Å². The molecule has 0 atom stereocenters. The van der Waals surface area contributed by atoms with Crippen LogP contribution in [0.2, 0.25) is 0 Å². The van der Waals surface area contributed by atoms with Gasteiger partial charge in [0.1, 0.15) is 12.4 Å². The number of aliphatic carboxylic acids is 1. The molecule has 1 aromatic heterocycles. The Labute approximate surface area is 116 Å². The molecule has 0 unspecified atom stereocenters. The van der Waals surface area contributed by atoms with Gasteiger partial charge in [-0.25, -0.2) is 0 Å². The van der Waals surface area contributed by atoms with Crippen LogP contribution in [0.5, 0.6) is 0 Å². The molecular weight excluding hydrogens is 268 g/mol. The first-order valence-electron chi connectivity index (χ1n) is 6.00. The number of hydrogen-bond donors (Lipinski definition) is 1. The van der Waals surface area contributed by atoms with Gasteiger partial charge in [-0.15, -0.1) is 10.2 Å². The molecule has 0 aromatic carbocycles. The molecule has 1 aromatic rings. The fourth-order valence-electron chi connectivity index (χ4n) is 1.40. The minimum Gasteiger partial charge on any atom is -0.481 e. The Balaban J connectivity index is 2.86. The maximum atomic E-state index is 11.9. The van der Waals surface area contributed by atoms with E-state index < -0.39 is 5.97 Å². The van der Waals surface area contributed by atoms with Crippen LogP contribution in [0.1, 0.15) is 19.7 Å². The molecule has 106 valence electrons. The number of carbonyl (C=O) groups is 2. The summed E-state index contributed by atoms with van der Waals surface area (Å²) in [6, 6.07) is 0. The molecule has 0 fully saturated rings. The number of carboxylic acids is 1. The third-order valence-corrected chi connectivity index (χ3v) is 3.58. The molecule has 1 amide bonds. The largest absolute Gasteiger partial charge is 0.481 e. The van der Waals surface area contributed by atoms with Gasteiger partial charge in [0.15, 0.2) is 5.16 Å². The number of likely N-dealkylation sites (N-methyl/N-ethyl adjacent to an activating group) is 1. The van der Waals surface area contributed by atoms with Crippen molar-refractivity contribution in [2.24, 2.45) is 0 Å². The molecule has 0 aliphatic heterocycles. The van der Waals surface area contributed by atoms with Gasteiger partial charge >= 0.3 is 5.97 Å². The van der Waals surface area contributed by atoms with Crippen LogP contribution in [-0.4, -0.2) is 56.0 Å². The Morgan fingerprint density at radius 2 is 2.05 bits per heavy atom. The van der Waals surface area contributed by atoms with Crippen LogP contribution in [0.25, 0.3) is 0 Å². The summed E-state index contributed by atoms with van der Waals surface area (Å²) in [5.74, 6) is -0.380. The van der Waals surface area contributed by atoms with E-state index in [1.807, 2.05) is 13.8 Å². The van der Waals surface area contributed by atoms with E-state index in [1.54, 1.807) is 16.5 Å². The summed E-state index contributed by atoms with van der Waals surface area (Å²) in [7, 11) is 1.72. The number of aryl methyl sites for hydroxylation is 1. The van der Waals surface area contributed by atoms with Gasteiger partial charge in [-0.2, -0.15) is 0 Å². The first-order chi connectivity index (χ1) is 8.99. The lowest BCUT2D eigenvalue weighted by Gasteiger charge is -2.16. The fraction of sp³-hybridized carbons (Fsp3) is 0.636. The maximum absolute atomic E-state index is 11.9. The lowest BCUT2D eigenvalue weighted by molar-refractivity contribution is -0.134. The number of aromatic nitrogens is 3. The summed E-state index contributed by atoms with van der Waals surface area (Å²) < 4.78 is 1.68. The van der Waals surface area contributed by atoms with Crippen LogP contribution in [0.3, 0.4) is 0 Å². The smallest absolute Gasteiger partial charge is 0.313 e. The second-order valence-electron chi connectivity index (χ2n) is 3.93. The highest BCUT2D eigenvalue weighted by molar-refractivity contribution is 7.99. The minimum atomic E-state index is -0.922. The van der Waals surface area contributed by atoms with Crippen LogP contribution in [-0.2, 0) is 22.6 Å². The van der Waals surface area contributed by atoms with E-state index in [0.717, 1.165) is 11.8 Å². The normalized spacial score (nSPS) is 10.5. The average Bonchev–Trinajstić information content (AvgIpc) is 2.77. The molecule has 0 spiro atoms. The van der Waals surface area contributed by atoms with Crippen molar-refractivity contribution in [1.29, 1.82) is 0 Å². The van der Waals surface area contributed by atoms with Crippen LogP contribution in [0, 0.1) is 0 Å². The minimum absolute atomic E-state index is 0.0471. The molecule has 0 aliphatic rings. The molecule has 1 rings (SSSR count). The molecular formula is C11H18N4O3S.